The second-order valence-electron chi connectivity index (χ2n) is 8.46. The van der Waals surface area contributed by atoms with Crippen molar-refractivity contribution in [3.05, 3.63) is 65.2 Å². The zero-order valence-electron chi connectivity index (χ0n) is 19.6. The fourth-order valence-corrected chi connectivity index (χ4v) is 4.23. The summed E-state index contributed by atoms with van der Waals surface area (Å²) in [6.45, 7) is 8.96. The molecule has 0 aliphatic heterocycles. The average molecular weight is 460 g/mol. The van der Waals surface area contributed by atoms with Gasteiger partial charge in [0, 0.05) is 12.6 Å². The first kappa shape index (κ1) is 25.4. The van der Waals surface area contributed by atoms with Crippen LogP contribution in [-0.4, -0.2) is 50.0 Å². The van der Waals surface area contributed by atoms with Gasteiger partial charge in [0.2, 0.25) is 21.8 Å². The Kier molecular flexibility index (Phi) is 8.44. The molecule has 1 atom stereocenters. The average Bonchev–Trinajstić information content (AvgIpc) is 2.68. The van der Waals surface area contributed by atoms with Gasteiger partial charge in [0.25, 0.3) is 0 Å². The van der Waals surface area contributed by atoms with E-state index in [9.17, 15) is 18.0 Å². The number of amides is 2. The summed E-state index contributed by atoms with van der Waals surface area (Å²) in [5.41, 5.74) is 3.19. The Balaban J connectivity index is 2.39. The second kappa shape index (κ2) is 10.6. The summed E-state index contributed by atoms with van der Waals surface area (Å²) in [7, 11) is -3.72. The van der Waals surface area contributed by atoms with E-state index in [0.717, 1.165) is 27.3 Å². The molecule has 0 radical (unpaired) electrons. The first-order valence-electron chi connectivity index (χ1n) is 10.6. The van der Waals surface area contributed by atoms with E-state index >= 15 is 0 Å². The van der Waals surface area contributed by atoms with Gasteiger partial charge in [-0.2, -0.15) is 0 Å². The van der Waals surface area contributed by atoms with Crippen molar-refractivity contribution in [1.82, 2.24) is 10.2 Å². The molecular formula is C24H33N3O4S. The summed E-state index contributed by atoms with van der Waals surface area (Å²) in [6.07, 6.45) is 1.07. The number of rotatable bonds is 9. The van der Waals surface area contributed by atoms with Gasteiger partial charge in [-0.1, -0.05) is 42.0 Å². The Morgan fingerprint density at radius 3 is 2.09 bits per heavy atom. The molecule has 174 valence electrons. The fraction of sp³-hybridized carbons (Fsp3) is 0.417. The van der Waals surface area contributed by atoms with Crippen molar-refractivity contribution in [3.8, 4) is 0 Å². The lowest BCUT2D eigenvalue weighted by atomic mass is 10.1. The van der Waals surface area contributed by atoms with Crippen molar-refractivity contribution in [2.45, 2.75) is 53.2 Å². The molecule has 0 spiro atoms. The number of aryl methyl sites for hydroxylation is 2. The van der Waals surface area contributed by atoms with E-state index in [4.69, 9.17) is 0 Å². The first-order chi connectivity index (χ1) is 14.9. The van der Waals surface area contributed by atoms with E-state index < -0.39 is 28.5 Å². The van der Waals surface area contributed by atoms with Crippen LogP contribution in [-0.2, 0) is 26.2 Å². The van der Waals surface area contributed by atoms with E-state index in [1.807, 2.05) is 58.0 Å². The Morgan fingerprint density at radius 1 is 0.969 bits per heavy atom. The summed E-state index contributed by atoms with van der Waals surface area (Å²) < 4.78 is 26.1. The van der Waals surface area contributed by atoms with Crippen LogP contribution in [0.4, 0.5) is 5.69 Å². The number of carbonyl (C=O) groups excluding carboxylic acids is 2. The molecule has 0 saturated heterocycles. The number of hydrogen-bond acceptors (Lipinski definition) is 4. The van der Waals surface area contributed by atoms with Crippen LogP contribution in [0, 0.1) is 13.8 Å². The van der Waals surface area contributed by atoms with Gasteiger partial charge in [-0.3, -0.25) is 13.9 Å². The molecule has 0 aliphatic carbocycles. The minimum absolute atomic E-state index is 0.0827. The van der Waals surface area contributed by atoms with Gasteiger partial charge in [-0.25, -0.2) is 8.42 Å². The smallest absolute Gasteiger partial charge is 0.244 e. The molecule has 8 heteroatoms. The number of nitrogens with one attached hydrogen (secondary N) is 1. The van der Waals surface area contributed by atoms with E-state index in [1.54, 1.807) is 25.1 Å². The standard InChI is InChI=1S/C24H33N3O4S/c1-17(2)25-24(29)20(5)26(15-21-11-7-9-18(3)13-21)23(28)16-27(32(6,30)31)22-12-8-10-19(4)14-22/h7-14,17,20H,15-16H2,1-6H3,(H,25,29)/t20-/m1/s1. The molecule has 32 heavy (non-hydrogen) atoms. The van der Waals surface area contributed by atoms with Gasteiger partial charge < -0.3 is 10.2 Å². The maximum atomic E-state index is 13.4. The summed E-state index contributed by atoms with van der Waals surface area (Å²) in [4.78, 5) is 27.6. The highest BCUT2D eigenvalue weighted by molar-refractivity contribution is 7.92. The fourth-order valence-electron chi connectivity index (χ4n) is 3.39. The third-order valence-corrected chi connectivity index (χ3v) is 6.14. The SMILES string of the molecule is Cc1cccc(CN(C(=O)CN(c2cccc(C)c2)S(C)(=O)=O)[C@H](C)C(=O)NC(C)C)c1. The van der Waals surface area contributed by atoms with Crippen molar-refractivity contribution < 1.29 is 18.0 Å². The number of hydrogen-bond donors (Lipinski definition) is 1. The molecular weight excluding hydrogens is 426 g/mol. The lowest BCUT2D eigenvalue weighted by Gasteiger charge is -2.32. The van der Waals surface area contributed by atoms with Gasteiger partial charge in [0.1, 0.15) is 12.6 Å². The van der Waals surface area contributed by atoms with E-state index in [1.165, 1.54) is 4.90 Å². The van der Waals surface area contributed by atoms with Gasteiger partial charge in [-0.15, -0.1) is 0 Å². The number of sulfonamides is 1. The zero-order chi connectivity index (χ0) is 24.1. The molecule has 1 N–H and O–H groups in total. The van der Waals surface area contributed by atoms with Crippen molar-refractivity contribution >= 4 is 27.5 Å². The first-order valence-corrected chi connectivity index (χ1v) is 12.4. The Hall–Kier alpha value is -2.87. The number of benzene rings is 2. The van der Waals surface area contributed by atoms with Crippen LogP contribution in [0.5, 0.6) is 0 Å². The zero-order valence-corrected chi connectivity index (χ0v) is 20.4. The second-order valence-corrected chi connectivity index (χ2v) is 10.4. The Morgan fingerprint density at radius 2 is 1.56 bits per heavy atom. The minimum atomic E-state index is -3.72. The minimum Gasteiger partial charge on any atom is -0.352 e. The van der Waals surface area contributed by atoms with Gasteiger partial charge in [-0.05, 0) is 57.9 Å². The third kappa shape index (κ3) is 7.09. The molecule has 0 aliphatic rings. The highest BCUT2D eigenvalue weighted by atomic mass is 32.2. The Labute approximate surface area is 191 Å². The van der Waals surface area contributed by atoms with Crippen LogP contribution in [0.25, 0.3) is 0 Å². The summed E-state index contributed by atoms with van der Waals surface area (Å²) >= 11 is 0. The predicted octanol–water partition coefficient (Wildman–Crippen LogP) is 3.01. The summed E-state index contributed by atoms with van der Waals surface area (Å²) in [6, 6.07) is 13.8. The topological polar surface area (TPSA) is 86.8 Å². The van der Waals surface area contributed by atoms with Crippen LogP contribution in [0.1, 0.15) is 37.5 Å². The number of nitrogens with zero attached hydrogens (tertiary/aromatic N) is 2. The molecule has 0 aromatic heterocycles. The molecule has 0 unspecified atom stereocenters. The van der Waals surface area contributed by atoms with Crippen LogP contribution in [0.2, 0.25) is 0 Å². The van der Waals surface area contributed by atoms with Crippen molar-refractivity contribution in [2.24, 2.45) is 0 Å². The molecule has 0 saturated carbocycles. The molecule has 2 aromatic rings. The maximum absolute atomic E-state index is 13.4. The molecule has 2 rings (SSSR count). The van der Waals surface area contributed by atoms with E-state index in [0.29, 0.717) is 5.69 Å². The van der Waals surface area contributed by atoms with E-state index in [-0.39, 0.29) is 18.5 Å². The molecule has 0 bridgehead atoms. The monoisotopic (exact) mass is 459 g/mol. The quantitative estimate of drug-likeness (QED) is 0.625. The lowest BCUT2D eigenvalue weighted by Crippen LogP contribution is -2.52. The number of carbonyl (C=O) groups is 2. The highest BCUT2D eigenvalue weighted by Gasteiger charge is 2.30. The third-order valence-electron chi connectivity index (χ3n) is 5.00. The van der Waals surface area contributed by atoms with Crippen LogP contribution < -0.4 is 9.62 Å². The molecule has 2 aromatic carbocycles. The van der Waals surface area contributed by atoms with Crippen molar-refractivity contribution in [1.29, 1.82) is 0 Å². The molecule has 0 heterocycles. The van der Waals surface area contributed by atoms with E-state index in [2.05, 4.69) is 5.32 Å². The van der Waals surface area contributed by atoms with Gasteiger partial charge in [0.15, 0.2) is 0 Å². The van der Waals surface area contributed by atoms with Crippen molar-refractivity contribution in [3.63, 3.8) is 0 Å². The van der Waals surface area contributed by atoms with Crippen LogP contribution in [0.15, 0.2) is 48.5 Å². The van der Waals surface area contributed by atoms with Gasteiger partial charge >= 0.3 is 0 Å². The van der Waals surface area contributed by atoms with Gasteiger partial charge in [0.05, 0.1) is 11.9 Å². The predicted molar refractivity (Wildman–Crippen MR) is 128 cm³/mol. The normalized spacial score (nSPS) is 12.3. The molecule has 2 amide bonds. The van der Waals surface area contributed by atoms with Crippen LogP contribution >= 0.6 is 0 Å². The Bertz CT molecular complexity index is 1070. The molecule has 7 nitrogen and oxygen atoms in total. The largest absolute Gasteiger partial charge is 0.352 e. The maximum Gasteiger partial charge on any atom is 0.244 e. The summed E-state index contributed by atoms with van der Waals surface area (Å²) in [5.74, 6) is -0.743. The van der Waals surface area contributed by atoms with Crippen LogP contribution in [0.3, 0.4) is 0 Å². The molecule has 0 fully saturated rings. The van der Waals surface area contributed by atoms with Crippen molar-refractivity contribution in [2.75, 3.05) is 17.1 Å². The summed E-state index contributed by atoms with van der Waals surface area (Å²) in [5, 5.41) is 2.83. The lowest BCUT2D eigenvalue weighted by molar-refractivity contribution is -0.139. The highest BCUT2D eigenvalue weighted by Crippen LogP contribution is 2.20. The number of anilines is 1.